The third-order valence-electron chi connectivity index (χ3n) is 2.72. The summed E-state index contributed by atoms with van der Waals surface area (Å²) in [5.74, 6) is 0.382. The predicted octanol–water partition coefficient (Wildman–Crippen LogP) is 1.02. The van der Waals surface area contributed by atoms with Crippen LogP contribution in [0.3, 0.4) is 0 Å². The number of imidazole rings is 1. The lowest BCUT2D eigenvalue weighted by atomic mass is 10.3. The van der Waals surface area contributed by atoms with Crippen molar-refractivity contribution in [2.45, 2.75) is 11.4 Å². The van der Waals surface area contributed by atoms with E-state index >= 15 is 0 Å². The van der Waals surface area contributed by atoms with Crippen LogP contribution in [0.25, 0.3) is 0 Å². The molecule has 2 rings (SSSR count). The van der Waals surface area contributed by atoms with E-state index in [2.05, 4.69) is 4.98 Å². The number of hydrogen-bond acceptors (Lipinski definition) is 5. The number of benzene rings is 1. The minimum absolute atomic E-state index is 0.00417. The summed E-state index contributed by atoms with van der Waals surface area (Å²) in [5, 5.41) is 17.9. The molecule has 0 unspecified atom stereocenters. The van der Waals surface area contributed by atoms with E-state index in [1.165, 1.54) is 4.57 Å². The molecule has 0 spiro atoms. The van der Waals surface area contributed by atoms with Crippen molar-refractivity contribution >= 4 is 16.7 Å². The van der Waals surface area contributed by atoms with Crippen LogP contribution in [0.1, 0.15) is 11.4 Å². The average molecular weight is 285 g/mol. The topological polar surface area (TPSA) is 108 Å². The Balaban J connectivity index is 2.17. The number of anilines is 1. The molecule has 0 amide bonds. The highest BCUT2D eigenvalue weighted by atomic mass is 32.2. The number of rotatable bonds is 4. The maximum Gasteiger partial charge on any atom is 0.202 e. The summed E-state index contributed by atoms with van der Waals surface area (Å²) in [6.07, 6.45) is 0. The maximum atomic E-state index is 12.1. The Labute approximate surface area is 118 Å². The van der Waals surface area contributed by atoms with E-state index in [-0.39, 0.29) is 23.9 Å². The van der Waals surface area contributed by atoms with Crippen LogP contribution in [0, 0.1) is 22.7 Å². The van der Waals surface area contributed by atoms with Crippen LogP contribution in [0.4, 0.5) is 5.95 Å². The molecule has 0 bridgehead atoms. The van der Waals surface area contributed by atoms with Crippen molar-refractivity contribution in [3.63, 3.8) is 0 Å². The van der Waals surface area contributed by atoms with Gasteiger partial charge in [0, 0.05) is 17.2 Å². The highest BCUT2D eigenvalue weighted by Gasteiger charge is 2.15. The van der Waals surface area contributed by atoms with E-state index in [1.54, 1.807) is 12.1 Å². The highest BCUT2D eigenvalue weighted by molar-refractivity contribution is 7.85. The number of nitrogens with two attached hydrogens (primary N) is 1. The first-order valence-corrected chi connectivity index (χ1v) is 7.09. The quantitative estimate of drug-likeness (QED) is 0.902. The fourth-order valence-corrected chi connectivity index (χ4v) is 2.80. The SMILES string of the molecule is N#Cc1nc(N)n(CC[S@@](=O)c2ccccc2)c1C#N. The molecule has 1 heterocycles. The van der Waals surface area contributed by atoms with Crippen LogP contribution >= 0.6 is 0 Å². The standard InChI is InChI=1S/C13H11N5OS/c14-8-11-12(9-15)18(13(16)17-11)6-7-20(19)10-4-2-1-3-5-10/h1-5H,6-7H2,(H2,16,17)/t20-/m1/s1. The maximum absolute atomic E-state index is 12.1. The molecule has 1 aromatic heterocycles. The molecule has 0 aliphatic rings. The first-order valence-electron chi connectivity index (χ1n) is 5.77. The number of nitrogens with zero attached hydrogens (tertiary/aromatic N) is 4. The molecule has 7 heteroatoms. The van der Waals surface area contributed by atoms with Crippen LogP contribution in [-0.2, 0) is 17.3 Å². The second-order valence-electron chi connectivity index (χ2n) is 3.91. The Hall–Kier alpha value is -2.64. The highest BCUT2D eigenvalue weighted by Crippen LogP contribution is 2.13. The largest absolute Gasteiger partial charge is 0.369 e. The lowest BCUT2D eigenvalue weighted by Crippen LogP contribution is -2.12. The van der Waals surface area contributed by atoms with Crippen molar-refractivity contribution in [3.8, 4) is 12.1 Å². The van der Waals surface area contributed by atoms with Gasteiger partial charge in [0.2, 0.25) is 5.95 Å². The molecular formula is C13H11N5OS. The van der Waals surface area contributed by atoms with Crippen LogP contribution in [0.2, 0.25) is 0 Å². The first-order chi connectivity index (χ1) is 9.67. The van der Waals surface area contributed by atoms with Crippen molar-refractivity contribution in [3.05, 3.63) is 41.7 Å². The Kier molecular flexibility index (Phi) is 4.14. The lowest BCUT2D eigenvalue weighted by molar-refractivity contribution is 0.673. The van der Waals surface area contributed by atoms with E-state index < -0.39 is 10.8 Å². The molecule has 0 fully saturated rings. The number of hydrogen-bond donors (Lipinski definition) is 1. The predicted molar refractivity (Wildman–Crippen MR) is 73.8 cm³/mol. The molecule has 6 nitrogen and oxygen atoms in total. The molecule has 1 atom stereocenters. The molecule has 20 heavy (non-hydrogen) atoms. The van der Waals surface area contributed by atoms with Gasteiger partial charge in [0.1, 0.15) is 12.1 Å². The Morgan fingerprint density at radius 2 is 1.95 bits per heavy atom. The van der Waals surface area contributed by atoms with Gasteiger partial charge in [-0.1, -0.05) is 18.2 Å². The minimum Gasteiger partial charge on any atom is -0.369 e. The molecule has 1 aromatic carbocycles. The van der Waals surface area contributed by atoms with Gasteiger partial charge in [0.25, 0.3) is 0 Å². The van der Waals surface area contributed by atoms with E-state index in [4.69, 9.17) is 16.3 Å². The number of nitriles is 2. The molecule has 0 saturated heterocycles. The Morgan fingerprint density at radius 3 is 2.55 bits per heavy atom. The zero-order valence-corrected chi connectivity index (χ0v) is 11.3. The molecule has 0 radical (unpaired) electrons. The van der Waals surface area contributed by atoms with E-state index in [9.17, 15) is 4.21 Å². The van der Waals surface area contributed by atoms with Gasteiger partial charge in [-0.15, -0.1) is 0 Å². The fraction of sp³-hybridized carbons (Fsp3) is 0.154. The van der Waals surface area contributed by atoms with Crippen molar-refractivity contribution in [1.82, 2.24) is 9.55 Å². The zero-order chi connectivity index (χ0) is 14.5. The van der Waals surface area contributed by atoms with Gasteiger partial charge in [0.15, 0.2) is 11.4 Å². The third kappa shape index (κ3) is 2.68. The first kappa shape index (κ1) is 13.8. The van der Waals surface area contributed by atoms with Crippen molar-refractivity contribution in [2.24, 2.45) is 0 Å². The molecule has 0 saturated carbocycles. The lowest BCUT2D eigenvalue weighted by Gasteiger charge is -2.06. The van der Waals surface area contributed by atoms with E-state index in [0.717, 1.165) is 0 Å². The van der Waals surface area contributed by atoms with Gasteiger partial charge in [0.05, 0.1) is 10.8 Å². The van der Waals surface area contributed by atoms with Gasteiger partial charge in [-0.05, 0) is 12.1 Å². The third-order valence-corrected chi connectivity index (χ3v) is 4.07. The summed E-state index contributed by atoms with van der Waals surface area (Å²) < 4.78 is 13.5. The molecule has 2 aromatic rings. The van der Waals surface area contributed by atoms with Crippen LogP contribution in [-0.4, -0.2) is 19.5 Å². The van der Waals surface area contributed by atoms with Gasteiger partial charge in [-0.2, -0.15) is 10.5 Å². The Morgan fingerprint density at radius 1 is 1.25 bits per heavy atom. The monoisotopic (exact) mass is 285 g/mol. The molecular weight excluding hydrogens is 274 g/mol. The summed E-state index contributed by atoms with van der Waals surface area (Å²) in [6.45, 7) is 0.269. The molecule has 0 aliphatic carbocycles. The Bertz CT molecular complexity index is 724. The normalized spacial score (nSPS) is 11.5. The van der Waals surface area contributed by atoms with Gasteiger partial charge < -0.3 is 10.3 Å². The minimum atomic E-state index is -1.19. The van der Waals surface area contributed by atoms with E-state index in [0.29, 0.717) is 10.6 Å². The molecule has 0 aliphatic heterocycles. The smallest absolute Gasteiger partial charge is 0.202 e. The summed E-state index contributed by atoms with van der Waals surface area (Å²) in [5.41, 5.74) is 5.77. The molecule has 100 valence electrons. The fourth-order valence-electron chi connectivity index (χ4n) is 1.75. The van der Waals surface area contributed by atoms with Gasteiger partial charge in [-0.25, -0.2) is 4.98 Å². The summed E-state index contributed by atoms with van der Waals surface area (Å²) in [4.78, 5) is 4.52. The van der Waals surface area contributed by atoms with Crippen LogP contribution < -0.4 is 5.73 Å². The summed E-state index contributed by atoms with van der Waals surface area (Å²) >= 11 is 0. The van der Waals surface area contributed by atoms with Gasteiger partial charge in [-0.3, -0.25) is 4.21 Å². The number of aromatic nitrogens is 2. The second-order valence-corrected chi connectivity index (χ2v) is 5.48. The second kappa shape index (κ2) is 6.00. The number of nitrogen functional groups attached to an aromatic ring is 1. The van der Waals surface area contributed by atoms with Crippen molar-refractivity contribution < 1.29 is 4.21 Å². The van der Waals surface area contributed by atoms with Crippen LogP contribution in [0.15, 0.2) is 35.2 Å². The van der Waals surface area contributed by atoms with Crippen molar-refractivity contribution in [1.29, 1.82) is 10.5 Å². The van der Waals surface area contributed by atoms with Gasteiger partial charge >= 0.3 is 0 Å². The summed E-state index contributed by atoms with van der Waals surface area (Å²) in [6, 6.07) is 12.7. The summed E-state index contributed by atoms with van der Waals surface area (Å²) in [7, 11) is -1.19. The van der Waals surface area contributed by atoms with E-state index in [1.807, 2.05) is 30.3 Å². The van der Waals surface area contributed by atoms with Crippen molar-refractivity contribution in [2.75, 3.05) is 11.5 Å². The molecule has 2 N–H and O–H groups in total. The average Bonchev–Trinajstić information content (AvgIpc) is 2.80. The zero-order valence-electron chi connectivity index (χ0n) is 10.5. The van der Waals surface area contributed by atoms with Crippen LogP contribution in [0.5, 0.6) is 0 Å².